The molecule has 0 spiro atoms. The number of rotatable bonds is 10. The zero-order valence-electron chi connectivity index (χ0n) is 19.9. The second-order valence-corrected chi connectivity index (χ2v) is 9.26. The molecule has 0 amide bonds. The molecule has 1 N–H and O–H groups in total. The van der Waals surface area contributed by atoms with E-state index in [-0.39, 0.29) is 17.2 Å². The molecule has 0 saturated heterocycles. The number of alkyl halides is 3. The van der Waals surface area contributed by atoms with Gasteiger partial charge in [-0.25, -0.2) is 9.59 Å². The van der Waals surface area contributed by atoms with Crippen LogP contribution in [0.3, 0.4) is 0 Å². The molecule has 0 aliphatic rings. The Hall–Kier alpha value is -2.78. The van der Waals surface area contributed by atoms with Crippen LogP contribution >= 0.6 is 11.6 Å². The zero-order valence-corrected chi connectivity index (χ0v) is 20.6. The topological polar surface area (TPSA) is 82.1 Å². The summed E-state index contributed by atoms with van der Waals surface area (Å²) in [6, 6.07) is 7.71. The Morgan fingerprint density at radius 2 is 1.74 bits per heavy atom. The maximum Gasteiger partial charge on any atom is 0.416 e. The second kappa shape index (κ2) is 11.8. The number of hydrogen-bond donors (Lipinski definition) is 1. The fourth-order valence-corrected chi connectivity index (χ4v) is 3.43. The quantitative estimate of drug-likeness (QED) is 0.365. The summed E-state index contributed by atoms with van der Waals surface area (Å²) in [7, 11) is 0. The number of carboxylic acid groups (broad SMARTS) is 1. The summed E-state index contributed by atoms with van der Waals surface area (Å²) >= 11 is 5.98. The van der Waals surface area contributed by atoms with E-state index in [0.29, 0.717) is 17.7 Å². The minimum Gasteiger partial charge on any atom is -0.479 e. The van der Waals surface area contributed by atoms with Crippen LogP contribution < -0.4 is 4.74 Å². The van der Waals surface area contributed by atoms with Gasteiger partial charge in [0.1, 0.15) is 23.7 Å². The van der Waals surface area contributed by atoms with E-state index in [1.165, 1.54) is 0 Å². The van der Waals surface area contributed by atoms with Gasteiger partial charge in [0.15, 0.2) is 6.10 Å². The first-order chi connectivity index (χ1) is 16.2. The van der Waals surface area contributed by atoms with Crippen LogP contribution in [0.4, 0.5) is 13.2 Å². The molecule has 0 fully saturated rings. The Kier molecular flexibility index (Phi) is 9.57. The molecule has 2 aromatic rings. The van der Waals surface area contributed by atoms with E-state index in [9.17, 15) is 27.9 Å². The third kappa shape index (κ3) is 9.07. The van der Waals surface area contributed by atoms with Crippen molar-refractivity contribution in [2.45, 2.75) is 64.8 Å². The van der Waals surface area contributed by atoms with Gasteiger partial charge in [0.05, 0.1) is 10.6 Å². The normalized spacial score (nSPS) is 12.8. The maximum absolute atomic E-state index is 12.9. The van der Waals surface area contributed by atoms with E-state index < -0.39 is 42.0 Å². The fraction of sp³-hybridized carbons (Fsp3) is 0.440. The summed E-state index contributed by atoms with van der Waals surface area (Å²) in [4.78, 5) is 23.6. The van der Waals surface area contributed by atoms with E-state index in [2.05, 4.69) is 0 Å². The van der Waals surface area contributed by atoms with Crippen LogP contribution in [0.25, 0.3) is 0 Å². The van der Waals surface area contributed by atoms with Crippen LogP contribution in [0.2, 0.25) is 5.02 Å². The van der Waals surface area contributed by atoms with Crippen molar-refractivity contribution in [2.24, 2.45) is 0 Å². The molecule has 0 aromatic heterocycles. The summed E-state index contributed by atoms with van der Waals surface area (Å²) in [5.41, 5.74) is -0.156. The number of benzene rings is 2. The highest BCUT2D eigenvalue weighted by Crippen LogP contribution is 2.37. The van der Waals surface area contributed by atoms with E-state index in [0.717, 1.165) is 30.2 Å². The first kappa shape index (κ1) is 28.5. The first-order valence-corrected chi connectivity index (χ1v) is 11.3. The zero-order chi connectivity index (χ0) is 26.4. The maximum atomic E-state index is 12.9. The second-order valence-electron chi connectivity index (χ2n) is 8.85. The van der Waals surface area contributed by atoms with Crippen molar-refractivity contribution >= 4 is 23.5 Å². The summed E-state index contributed by atoms with van der Waals surface area (Å²) in [5.74, 6) is -1.51. The van der Waals surface area contributed by atoms with Gasteiger partial charge in [0.2, 0.25) is 0 Å². The molecule has 2 rings (SSSR count). The van der Waals surface area contributed by atoms with Gasteiger partial charge in [-0.2, -0.15) is 13.2 Å². The number of carbonyl (C=O) groups is 2. The molecule has 6 nitrogen and oxygen atoms in total. The Balaban J connectivity index is 2.19. The predicted molar refractivity (Wildman–Crippen MR) is 124 cm³/mol. The predicted octanol–water partition coefficient (Wildman–Crippen LogP) is 6.46. The molecule has 1 atom stereocenters. The van der Waals surface area contributed by atoms with Crippen molar-refractivity contribution in [1.29, 1.82) is 0 Å². The van der Waals surface area contributed by atoms with Gasteiger partial charge in [-0.05, 0) is 68.7 Å². The van der Waals surface area contributed by atoms with E-state index in [4.69, 9.17) is 25.8 Å². The molecule has 1 unspecified atom stereocenters. The average Bonchev–Trinajstić information content (AvgIpc) is 2.71. The van der Waals surface area contributed by atoms with Crippen molar-refractivity contribution in [3.63, 3.8) is 0 Å². The van der Waals surface area contributed by atoms with Crippen LogP contribution in [0.15, 0.2) is 36.4 Å². The minimum absolute atomic E-state index is 0.00518. The summed E-state index contributed by atoms with van der Waals surface area (Å²) < 4.78 is 54.7. The molecule has 0 radical (unpaired) electrons. The molecule has 192 valence electrons. The van der Waals surface area contributed by atoms with Gasteiger partial charge in [-0.15, -0.1) is 0 Å². The van der Waals surface area contributed by atoms with Crippen molar-refractivity contribution in [1.82, 2.24) is 0 Å². The smallest absolute Gasteiger partial charge is 0.416 e. The Morgan fingerprint density at radius 3 is 2.29 bits per heavy atom. The van der Waals surface area contributed by atoms with Crippen LogP contribution in [-0.4, -0.2) is 35.4 Å². The molecule has 35 heavy (non-hydrogen) atoms. The van der Waals surface area contributed by atoms with E-state index >= 15 is 0 Å². The van der Waals surface area contributed by atoms with Crippen molar-refractivity contribution < 1.29 is 42.1 Å². The van der Waals surface area contributed by atoms with Crippen LogP contribution in [-0.2, 0) is 38.1 Å². The molecule has 0 aliphatic carbocycles. The third-order valence-electron chi connectivity index (χ3n) is 4.69. The van der Waals surface area contributed by atoms with Crippen molar-refractivity contribution in [3.05, 3.63) is 58.1 Å². The summed E-state index contributed by atoms with van der Waals surface area (Å²) in [6.07, 6.45) is -4.48. The lowest BCUT2D eigenvalue weighted by atomic mass is 9.98. The van der Waals surface area contributed by atoms with E-state index in [1.54, 1.807) is 39.0 Å². The van der Waals surface area contributed by atoms with Crippen LogP contribution in [0.5, 0.6) is 11.5 Å². The lowest BCUT2D eigenvalue weighted by Crippen LogP contribution is -2.32. The van der Waals surface area contributed by atoms with Gasteiger partial charge in [-0.3, -0.25) is 0 Å². The molecular weight excluding hydrogens is 489 g/mol. The molecule has 0 heterocycles. The van der Waals surface area contributed by atoms with E-state index in [1.807, 2.05) is 6.92 Å². The van der Waals surface area contributed by atoms with Crippen LogP contribution in [0.1, 0.15) is 50.8 Å². The molecular formula is C25H28ClF3O6. The lowest BCUT2D eigenvalue weighted by Gasteiger charge is -2.21. The number of halogens is 4. The SMILES string of the molecule is CCCc1cc(Oc2ccc(C(F)(F)F)cc2Cl)ccc1CC(OCC(=O)OC(C)(C)C)C(=O)O. The molecule has 0 saturated carbocycles. The minimum atomic E-state index is -4.52. The number of carbonyl (C=O) groups excluding carboxylic acids is 1. The Bertz CT molecular complexity index is 1050. The monoisotopic (exact) mass is 516 g/mol. The highest BCUT2D eigenvalue weighted by Gasteiger charge is 2.31. The lowest BCUT2D eigenvalue weighted by molar-refractivity contribution is -0.166. The van der Waals surface area contributed by atoms with Gasteiger partial charge in [0.25, 0.3) is 0 Å². The van der Waals surface area contributed by atoms with Gasteiger partial charge < -0.3 is 19.3 Å². The number of aliphatic carboxylic acids is 1. The van der Waals surface area contributed by atoms with Gasteiger partial charge >= 0.3 is 18.1 Å². The molecule has 2 aromatic carbocycles. The first-order valence-electron chi connectivity index (χ1n) is 10.9. The molecule has 10 heteroatoms. The highest BCUT2D eigenvalue weighted by molar-refractivity contribution is 6.32. The highest BCUT2D eigenvalue weighted by atomic mass is 35.5. The van der Waals surface area contributed by atoms with Crippen molar-refractivity contribution in [2.75, 3.05) is 6.61 Å². The number of ether oxygens (including phenoxy) is 3. The number of carboxylic acids is 1. The summed E-state index contributed by atoms with van der Waals surface area (Å²) in [6.45, 7) is 6.51. The van der Waals surface area contributed by atoms with Gasteiger partial charge in [0, 0.05) is 6.42 Å². The number of aryl methyl sites for hydroxylation is 1. The average molecular weight is 517 g/mol. The number of hydrogen-bond acceptors (Lipinski definition) is 5. The third-order valence-corrected chi connectivity index (χ3v) is 4.98. The number of esters is 1. The summed E-state index contributed by atoms with van der Waals surface area (Å²) in [5, 5.41) is 9.37. The Labute approximate surface area is 206 Å². The standard InChI is InChI=1S/C25H28ClF3O6/c1-5-6-15-11-18(34-20-10-8-17(13-19(20)26)25(27,28)29)9-7-16(15)12-21(23(31)32)33-14-22(30)35-24(2,3)4/h7-11,13,21H,5-6,12,14H2,1-4H3,(H,31,32). The fourth-order valence-electron chi connectivity index (χ4n) is 3.21. The molecule has 0 bridgehead atoms. The van der Waals surface area contributed by atoms with Crippen LogP contribution in [0, 0.1) is 0 Å². The van der Waals surface area contributed by atoms with Gasteiger partial charge in [-0.1, -0.05) is 31.0 Å². The van der Waals surface area contributed by atoms with Crippen molar-refractivity contribution in [3.8, 4) is 11.5 Å². The Morgan fingerprint density at radius 1 is 1.06 bits per heavy atom. The molecule has 0 aliphatic heterocycles. The largest absolute Gasteiger partial charge is 0.479 e.